The Balaban J connectivity index is 1.00. The Morgan fingerprint density at radius 2 is 1.56 bits per heavy atom. The van der Waals surface area contributed by atoms with Crippen LogP contribution in [0.2, 0.25) is 0 Å². The number of rotatable bonds is 12. The first-order valence-electron chi connectivity index (χ1n) is 18.1. The Morgan fingerprint density at radius 3 is 2.22 bits per heavy atom. The van der Waals surface area contributed by atoms with Crippen molar-refractivity contribution < 1.29 is 45.5 Å². The van der Waals surface area contributed by atoms with Crippen molar-refractivity contribution in [1.82, 2.24) is 20.0 Å². The second kappa shape index (κ2) is 16.8. The lowest BCUT2D eigenvalue weighted by molar-refractivity contribution is -0.138. The van der Waals surface area contributed by atoms with Gasteiger partial charge >= 0.3 is 6.18 Å². The van der Waals surface area contributed by atoms with Gasteiger partial charge < -0.3 is 20.2 Å². The predicted molar refractivity (Wildman–Crippen MR) is 207 cm³/mol. The molecule has 18 heteroatoms. The number of benzene rings is 4. The molecule has 0 unspecified atom stereocenters. The van der Waals surface area contributed by atoms with Gasteiger partial charge in [0.2, 0.25) is 5.91 Å². The van der Waals surface area contributed by atoms with E-state index < -0.39 is 62.4 Å². The van der Waals surface area contributed by atoms with Crippen LogP contribution in [-0.2, 0) is 38.4 Å². The van der Waals surface area contributed by atoms with E-state index in [1.165, 1.54) is 52.3 Å². The molecule has 2 heterocycles. The first-order chi connectivity index (χ1) is 27.9. The molecule has 0 bridgehead atoms. The van der Waals surface area contributed by atoms with Crippen LogP contribution in [0.15, 0.2) is 94.6 Å². The monoisotopic (exact) mass is 832 g/mol. The number of nitriles is 1. The lowest BCUT2D eigenvalue weighted by Crippen LogP contribution is -2.51. The standard InChI is InChI=1S/C41H36F4N6O7S/c1-40(56,36(52)21-26-6-8-27(22-46)33(19-26)41(43,44)45)24-59(57,58)29-11-9-28(10-12-29)47-23-37(53)50-14-16-51(17-15-50)39(55)32-18-25(7-13-34(32)42)20-35-30-4-2-3-5-31(30)38(54)49-48-35/h2-13,18-19,47,56H,14-17,20-21,23-24H2,1H3,(H,49,54)/t40-/m0/s1. The van der Waals surface area contributed by atoms with Crippen molar-refractivity contribution in [3.8, 4) is 6.07 Å². The quantitative estimate of drug-likeness (QED) is 0.153. The van der Waals surface area contributed by atoms with Crippen molar-refractivity contribution in [1.29, 1.82) is 5.26 Å². The van der Waals surface area contributed by atoms with E-state index in [1.54, 1.807) is 30.3 Å². The zero-order valence-electron chi connectivity index (χ0n) is 31.3. The van der Waals surface area contributed by atoms with E-state index in [9.17, 15) is 50.3 Å². The van der Waals surface area contributed by atoms with Gasteiger partial charge in [0.05, 0.1) is 51.0 Å². The van der Waals surface area contributed by atoms with E-state index in [4.69, 9.17) is 5.26 Å². The maximum Gasteiger partial charge on any atom is 0.417 e. The second-order valence-corrected chi connectivity index (χ2v) is 16.2. The zero-order valence-corrected chi connectivity index (χ0v) is 32.2. The number of ketones is 1. The summed E-state index contributed by atoms with van der Waals surface area (Å²) in [6, 6.07) is 20.4. The minimum atomic E-state index is -4.87. The van der Waals surface area contributed by atoms with Gasteiger partial charge in [-0.25, -0.2) is 17.9 Å². The Kier molecular flexibility index (Phi) is 12.0. The Bertz CT molecular complexity index is 2650. The van der Waals surface area contributed by atoms with Crippen LogP contribution < -0.4 is 10.9 Å². The third-order valence-corrected chi connectivity index (χ3v) is 11.9. The van der Waals surface area contributed by atoms with Crippen LogP contribution in [-0.4, -0.2) is 95.2 Å². The molecule has 1 fully saturated rings. The number of amides is 2. The average Bonchev–Trinajstić information content (AvgIpc) is 3.21. The highest BCUT2D eigenvalue weighted by Gasteiger charge is 2.38. The second-order valence-electron chi connectivity index (χ2n) is 14.2. The lowest BCUT2D eigenvalue weighted by atomic mass is 9.94. The fraction of sp³-hybridized carbons (Fsp3) is 0.268. The molecule has 306 valence electrons. The number of nitrogens with zero attached hydrogens (tertiary/aromatic N) is 4. The molecule has 1 aromatic heterocycles. The summed E-state index contributed by atoms with van der Waals surface area (Å²) in [6.07, 6.45) is -5.36. The van der Waals surface area contributed by atoms with E-state index in [1.807, 2.05) is 0 Å². The summed E-state index contributed by atoms with van der Waals surface area (Å²) in [5.74, 6) is -3.68. The third kappa shape index (κ3) is 9.65. The summed E-state index contributed by atoms with van der Waals surface area (Å²) in [7, 11) is -4.29. The number of alkyl halides is 3. The summed E-state index contributed by atoms with van der Waals surface area (Å²) in [5, 5.41) is 30.4. The Hall–Kier alpha value is -6.45. The maximum atomic E-state index is 14.9. The predicted octanol–water partition coefficient (Wildman–Crippen LogP) is 4.28. The molecular formula is C41H36F4N6O7S. The largest absolute Gasteiger partial charge is 0.417 e. The van der Waals surface area contributed by atoms with Gasteiger partial charge in [-0.2, -0.15) is 23.5 Å². The SMILES string of the molecule is C[C@](O)(CS(=O)(=O)c1ccc(NCC(=O)N2CCN(C(=O)c3cc(Cc4n[nH]c(=O)c5ccccc45)ccc3F)CC2)cc1)C(=O)Cc1ccc(C#N)c(C(F)(F)F)c1. The number of sulfone groups is 1. The minimum absolute atomic E-state index is 0.135. The Morgan fingerprint density at radius 1 is 0.915 bits per heavy atom. The number of halogens is 4. The summed E-state index contributed by atoms with van der Waals surface area (Å²) in [6.45, 7) is 1.39. The third-order valence-electron chi connectivity index (χ3n) is 9.93. The number of Topliss-reactive ketones (excluding diaryl/α,β-unsaturated/α-hetero) is 1. The molecule has 13 nitrogen and oxygen atoms in total. The Labute approximate surface area is 334 Å². The first kappa shape index (κ1) is 42.2. The topological polar surface area (TPSA) is 194 Å². The molecule has 2 amide bonds. The van der Waals surface area contributed by atoms with E-state index in [0.29, 0.717) is 33.8 Å². The van der Waals surface area contributed by atoms with Crippen LogP contribution in [0.3, 0.4) is 0 Å². The van der Waals surface area contributed by atoms with Gasteiger partial charge in [-0.3, -0.25) is 19.2 Å². The molecule has 1 saturated heterocycles. The summed E-state index contributed by atoms with van der Waals surface area (Å²) in [4.78, 5) is 54.2. The molecule has 59 heavy (non-hydrogen) atoms. The molecular weight excluding hydrogens is 797 g/mol. The fourth-order valence-electron chi connectivity index (χ4n) is 6.69. The van der Waals surface area contributed by atoms with Gasteiger partial charge in [0, 0.05) is 50.1 Å². The number of aromatic nitrogens is 2. The van der Waals surface area contributed by atoms with Crippen LogP contribution in [0.1, 0.15) is 45.2 Å². The number of carbonyl (C=O) groups is 3. The van der Waals surface area contributed by atoms with Crippen molar-refractivity contribution in [2.75, 3.05) is 43.8 Å². The molecule has 4 aromatic carbocycles. The molecule has 0 spiro atoms. The molecule has 1 aliphatic rings. The minimum Gasteiger partial charge on any atom is -0.381 e. The number of hydrogen-bond donors (Lipinski definition) is 3. The van der Waals surface area contributed by atoms with Crippen molar-refractivity contribution >= 4 is 43.9 Å². The molecule has 5 aromatic rings. The van der Waals surface area contributed by atoms with E-state index in [0.717, 1.165) is 19.1 Å². The van der Waals surface area contributed by atoms with Gasteiger partial charge in [-0.1, -0.05) is 30.3 Å². The van der Waals surface area contributed by atoms with Crippen molar-refractivity contribution in [3.63, 3.8) is 0 Å². The normalized spacial score (nSPS) is 14.4. The number of carbonyl (C=O) groups excluding carboxylic acids is 3. The van der Waals surface area contributed by atoms with Gasteiger partial charge in [0.25, 0.3) is 11.5 Å². The number of aromatic amines is 1. The van der Waals surface area contributed by atoms with E-state index in [2.05, 4.69) is 15.5 Å². The van der Waals surface area contributed by atoms with Crippen molar-refractivity contribution in [2.45, 2.75) is 36.4 Å². The first-order valence-corrected chi connectivity index (χ1v) is 19.8. The maximum absolute atomic E-state index is 14.9. The lowest BCUT2D eigenvalue weighted by Gasteiger charge is -2.35. The summed E-state index contributed by atoms with van der Waals surface area (Å²) in [5.41, 5.74) is -3.48. The number of nitrogens with one attached hydrogen (secondary N) is 2. The van der Waals surface area contributed by atoms with Gasteiger partial charge in [0.1, 0.15) is 11.4 Å². The number of hydrogen-bond acceptors (Lipinski definition) is 10. The summed E-state index contributed by atoms with van der Waals surface area (Å²) >= 11 is 0. The van der Waals surface area contributed by atoms with Crippen molar-refractivity contribution in [3.05, 3.63) is 135 Å². The van der Waals surface area contributed by atoms with Gasteiger partial charge in [0.15, 0.2) is 15.6 Å². The average molecular weight is 833 g/mol. The molecule has 3 N–H and O–H groups in total. The smallest absolute Gasteiger partial charge is 0.381 e. The van der Waals surface area contributed by atoms with Gasteiger partial charge in [-0.15, -0.1) is 0 Å². The summed E-state index contributed by atoms with van der Waals surface area (Å²) < 4.78 is 81.3. The van der Waals surface area contributed by atoms with Crippen LogP contribution in [0.4, 0.5) is 23.2 Å². The highest BCUT2D eigenvalue weighted by atomic mass is 32.2. The van der Waals surface area contributed by atoms with Crippen LogP contribution in [0, 0.1) is 17.1 Å². The number of anilines is 1. The highest BCUT2D eigenvalue weighted by Crippen LogP contribution is 2.33. The van der Waals surface area contributed by atoms with Crippen molar-refractivity contribution in [2.24, 2.45) is 0 Å². The van der Waals surface area contributed by atoms with Crippen LogP contribution in [0.25, 0.3) is 10.8 Å². The van der Waals surface area contributed by atoms with Crippen LogP contribution in [0.5, 0.6) is 0 Å². The number of fused-ring (bicyclic) bond motifs is 1. The molecule has 0 radical (unpaired) electrons. The van der Waals surface area contributed by atoms with E-state index in [-0.39, 0.29) is 66.6 Å². The molecule has 6 rings (SSSR count). The zero-order chi connectivity index (χ0) is 42.7. The van der Waals surface area contributed by atoms with Gasteiger partial charge in [-0.05, 0) is 72.6 Å². The molecule has 0 aliphatic carbocycles. The molecule has 1 atom stereocenters. The molecule has 1 aliphatic heterocycles. The number of aliphatic hydroxyl groups is 1. The van der Waals surface area contributed by atoms with E-state index >= 15 is 0 Å². The number of piperazine rings is 1. The fourth-order valence-corrected chi connectivity index (χ4v) is 8.31. The number of H-pyrrole nitrogens is 1. The van der Waals surface area contributed by atoms with Crippen LogP contribution >= 0.6 is 0 Å². The highest BCUT2D eigenvalue weighted by molar-refractivity contribution is 7.91. The molecule has 0 saturated carbocycles.